The van der Waals surface area contributed by atoms with Gasteiger partial charge in [-0.15, -0.1) is 0 Å². The first-order chi connectivity index (χ1) is 7.18. The second-order valence-electron chi connectivity index (χ2n) is 3.77. The Morgan fingerprint density at radius 3 is 3.13 bits per heavy atom. The zero-order chi connectivity index (χ0) is 10.7. The number of pyridine rings is 1. The van der Waals surface area contributed by atoms with Crippen LogP contribution < -0.4 is 5.32 Å². The van der Waals surface area contributed by atoms with E-state index < -0.39 is 5.60 Å². The summed E-state index contributed by atoms with van der Waals surface area (Å²) in [6.45, 7) is 1.53. The first-order valence-electron chi connectivity index (χ1n) is 4.83. The van der Waals surface area contributed by atoms with E-state index in [9.17, 15) is 5.11 Å². The van der Waals surface area contributed by atoms with Crippen molar-refractivity contribution in [2.45, 2.75) is 12.0 Å². The molecule has 0 saturated carbocycles. The average Bonchev–Trinajstić information content (AvgIpc) is 2.63. The highest BCUT2D eigenvalue weighted by molar-refractivity contribution is 9.10. The predicted molar refractivity (Wildman–Crippen MR) is 60.8 cm³/mol. The molecule has 5 heteroatoms. The first kappa shape index (κ1) is 10.9. The highest BCUT2D eigenvalue weighted by atomic mass is 79.9. The van der Waals surface area contributed by atoms with Gasteiger partial charge in [-0.3, -0.25) is 4.98 Å². The molecule has 1 aliphatic heterocycles. The number of rotatable bonds is 3. The van der Waals surface area contributed by atoms with Gasteiger partial charge in [0.15, 0.2) is 0 Å². The van der Waals surface area contributed by atoms with Gasteiger partial charge >= 0.3 is 0 Å². The van der Waals surface area contributed by atoms with Crippen LogP contribution in [0, 0.1) is 0 Å². The van der Waals surface area contributed by atoms with Gasteiger partial charge in [-0.1, -0.05) is 0 Å². The number of aliphatic hydroxyl groups is 1. The van der Waals surface area contributed by atoms with Crippen molar-refractivity contribution in [1.82, 2.24) is 4.98 Å². The Kier molecular flexibility index (Phi) is 3.23. The lowest BCUT2D eigenvalue weighted by Gasteiger charge is -2.21. The maximum absolute atomic E-state index is 10.0. The number of aromatic nitrogens is 1. The second kappa shape index (κ2) is 4.47. The van der Waals surface area contributed by atoms with Crippen LogP contribution >= 0.6 is 15.9 Å². The third-order valence-corrected chi connectivity index (χ3v) is 2.84. The summed E-state index contributed by atoms with van der Waals surface area (Å²) in [7, 11) is 0. The summed E-state index contributed by atoms with van der Waals surface area (Å²) >= 11 is 3.34. The minimum Gasteiger partial charge on any atom is -0.386 e. The van der Waals surface area contributed by atoms with Crippen LogP contribution in [0.3, 0.4) is 0 Å². The molecule has 2 rings (SSSR count). The normalized spacial score (nSPS) is 25.5. The lowest BCUT2D eigenvalue weighted by Crippen LogP contribution is -2.37. The zero-order valence-electron chi connectivity index (χ0n) is 8.24. The quantitative estimate of drug-likeness (QED) is 0.874. The summed E-state index contributed by atoms with van der Waals surface area (Å²) in [4.78, 5) is 4.03. The van der Waals surface area contributed by atoms with Crippen molar-refractivity contribution < 1.29 is 9.84 Å². The average molecular weight is 273 g/mol. The van der Waals surface area contributed by atoms with Crippen molar-refractivity contribution in [3.63, 3.8) is 0 Å². The molecule has 0 spiro atoms. The topological polar surface area (TPSA) is 54.4 Å². The summed E-state index contributed by atoms with van der Waals surface area (Å²) < 4.78 is 6.08. The summed E-state index contributed by atoms with van der Waals surface area (Å²) in [5.74, 6) is 0. The minimum atomic E-state index is -0.734. The fourth-order valence-electron chi connectivity index (χ4n) is 1.51. The van der Waals surface area contributed by atoms with Crippen LogP contribution in [0.4, 0.5) is 5.69 Å². The number of hydrogen-bond donors (Lipinski definition) is 2. The lowest BCUT2D eigenvalue weighted by molar-refractivity contribution is 0.0382. The van der Waals surface area contributed by atoms with Gasteiger partial charge in [0.05, 0.1) is 18.5 Å². The molecule has 82 valence electrons. The first-order valence-corrected chi connectivity index (χ1v) is 5.62. The van der Waals surface area contributed by atoms with Crippen LogP contribution in [0.25, 0.3) is 0 Å². The van der Waals surface area contributed by atoms with Crippen molar-refractivity contribution in [1.29, 1.82) is 0 Å². The van der Waals surface area contributed by atoms with Gasteiger partial charge in [0.25, 0.3) is 0 Å². The van der Waals surface area contributed by atoms with E-state index in [1.54, 1.807) is 12.4 Å². The molecule has 1 aromatic rings. The number of nitrogens with zero attached hydrogens (tertiary/aromatic N) is 1. The summed E-state index contributed by atoms with van der Waals surface area (Å²) in [6.07, 6.45) is 4.13. The molecule has 4 nitrogen and oxygen atoms in total. The van der Waals surface area contributed by atoms with Gasteiger partial charge in [-0.25, -0.2) is 0 Å². The van der Waals surface area contributed by atoms with Crippen LogP contribution in [-0.2, 0) is 4.74 Å². The van der Waals surface area contributed by atoms with E-state index in [0.717, 1.165) is 10.2 Å². The number of ether oxygens (including phenoxy) is 1. The molecule has 1 saturated heterocycles. The molecule has 2 heterocycles. The Balaban J connectivity index is 1.92. The molecule has 0 aromatic carbocycles. The third-order valence-electron chi connectivity index (χ3n) is 2.41. The molecular formula is C10H13BrN2O2. The van der Waals surface area contributed by atoms with E-state index in [4.69, 9.17) is 4.74 Å². The smallest absolute Gasteiger partial charge is 0.107 e. The molecule has 0 amide bonds. The molecule has 0 aliphatic carbocycles. The summed E-state index contributed by atoms with van der Waals surface area (Å²) in [5, 5.41) is 13.1. The van der Waals surface area contributed by atoms with E-state index in [0.29, 0.717) is 26.2 Å². The molecule has 15 heavy (non-hydrogen) atoms. The SMILES string of the molecule is OC1(CNc2cncc(Br)c2)CCOC1. The van der Waals surface area contributed by atoms with Crippen LogP contribution in [-0.4, -0.2) is 35.5 Å². The maximum atomic E-state index is 10.0. The molecule has 0 bridgehead atoms. The van der Waals surface area contributed by atoms with E-state index in [1.165, 1.54) is 0 Å². The van der Waals surface area contributed by atoms with Gasteiger partial charge in [0.1, 0.15) is 5.60 Å². The molecule has 2 N–H and O–H groups in total. The molecule has 1 aromatic heterocycles. The van der Waals surface area contributed by atoms with Crippen molar-refractivity contribution in [3.05, 3.63) is 22.9 Å². The molecule has 1 atom stereocenters. The van der Waals surface area contributed by atoms with E-state index >= 15 is 0 Å². The Bertz CT molecular complexity index is 340. The van der Waals surface area contributed by atoms with Gasteiger partial charge in [0.2, 0.25) is 0 Å². The predicted octanol–water partition coefficient (Wildman–Crippen LogP) is 1.41. The molecule has 1 fully saturated rings. The Morgan fingerprint density at radius 2 is 2.47 bits per heavy atom. The van der Waals surface area contributed by atoms with Crippen molar-refractivity contribution in [2.75, 3.05) is 25.1 Å². The minimum absolute atomic E-state index is 0.404. The van der Waals surface area contributed by atoms with Crippen LogP contribution in [0.1, 0.15) is 6.42 Å². The fraction of sp³-hybridized carbons (Fsp3) is 0.500. The highest BCUT2D eigenvalue weighted by Gasteiger charge is 2.31. The Hall–Kier alpha value is -0.650. The van der Waals surface area contributed by atoms with Crippen LogP contribution in [0.5, 0.6) is 0 Å². The van der Waals surface area contributed by atoms with Gasteiger partial charge in [-0.2, -0.15) is 0 Å². The summed E-state index contributed by atoms with van der Waals surface area (Å²) in [6, 6.07) is 1.92. The summed E-state index contributed by atoms with van der Waals surface area (Å²) in [5.41, 5.74) is 0.159. The van der Waals surface area contributed by atoms with E-state index in [-0.39, 0.29) is 0 Å². The van der Waals surface area contributed by atoms with Crippen LogP contribution in [0.15, 0.2) is 22.9 Å². The van der Waals surface area contributed by atoms with E-state index in [2.05, 4.69) is 26.2 Å². The Morgan fingerprint density at radius 1 is 1.60 bits per heavy atom. The second-order valence-corrected chi connectivity index (χ2v) is 4.69. The maximum Gasteiger partial charge on any atom is 0.107 e. The third kappa shape index (κ3) is 2.90. The van der Waals surface area contributed by atoms with Crippen LogP contribution in [0.2, 0.25) is 0 Å². The molecule has 1 unspecified atom stereocenters. The van der Waals surface area contributed by atoms with E-state index in [1.807, 2.05) is 6.07 Å². The van der Waals surface area contributed by atoms with Crippen molar-refractivity contribution in [2.24, 2.45) is 0 Å². The lowest BCUT2D eigenvalue weighted by atomic mass is 10.0. The number of anilines is 1. The van der Waals surface area contributed by atoms with Gasteiger partial charge in [0, 0.05) is 30.2 Å². The number of halogens is 1. The standard InChI is InChI=1S/C10H13BrN2O2/c11-8-3-9(5-12-4-8)13-6-10(14)1-2-15-7-10/h3-5,13-14H,1-2,6-7H2. The molecule has 0 radical (unpaired) electrons. The fourth-order valence-corrected chi connectivity index (χ4v) is 1.88. The van der Waals surface area contributed by atoms with Gasteiger partial charge in [-0.05, 0) is 22.0 Å². The Labute approximate surface area is 96.8 Å². The number of hydrogen-bond acceptors (Lipinski definition) is 4. The zero-order valence-corrected chi connectivity index (χ0v) is 9.83. The highest BCUT2D eigenvalue weighted by Crippen LogP contribution is 2.20. The number of nitrogens with one attached hydrogen (secondary N) is 1. The monoisotopic (exact) mass is 272 g/mol. The largest absolute Gasteiger partial charge is 0.386 e. The van der Waals surface area contributed by atoms with Gasteiger partial charge < -0.3 is 15.2 Å². The van der Waals surface area contributed by atoms with Crippen molar-refractivity contribution >= 4 is 21.6 Å². The molecular weight excluding hydrogens is 260 g/mol. The molecule has 1 aliphatic rings. The van der Waals surface area contributed by atoms with Crippen molar-refractivity contribution in [3.8, 4) is 0 Å².